The van der Waals surface area contributed by atoms with Crippen LogP contribution in [0.4, 0.5) is 13.2 Å². The highest BCUT2D eigenvalue weighted by atomic mass is 19.4. The van der Waals surface area contributed by atoms with E-state index in [9.17, 15) is 18.0 Å². The third-order valence-corrected chi connectivity index (χ3v) is 2.72. The van der Waals surface area contributed by atoms with Crippen LogP contribution in [0.25, 0.3) is 0 Å². The van der Waals surface area contributed by atoms with Crippen molar-refractivity contribution in [3.63, 3.8) is 0 Å². The number of alkyl halides is 3. The maximum Gasteiger partial charge on any atom is 0.416 e. The monoisotopic (exact) mass is 294 g/mol. The van der Waals surface area contributed by atoms with Crippen LogP contribution in [0, 0.1) is 6.07 Å². The second kappa shape index (κ2) is 5.87. The summed E-state index contributed by atoms with van der Waals surface area (Å²) in [6.45, 7) is 0. The van der Waals surface area contributed by atoms with E-state index >= 15 is 0 Å². The predicted molar refractivity (Wildman–Crippen MR) is 69.3 cm³/mol. The van der Waals surface area contributed by atoms with Crippen LogP contribution >= 0.6 is 0 Å². The van der Waals surface area contributed by atoms with E-state index in [0.29, 0.717) is 5.75 Å². The molecule has 0 saturated carbocycles. The Morgan fingerprint density at radius 1 is 1.19 bits per heavy atom. The van der Waals surface area contributed by atoms with Crippen LogP contribution in [-0.4, -0.2) is 5.91 Å². The number of ether oxygens (including phenoxy) is 1. The Labute approximate surface area is 119 Å². The van der Waals surface area contributed by atoms with E-state index in [1.165, 1.54) is 24.3 Å². The number of amides is 1. The van der Waals surface area contributed by atoms with Crippen molar-refractivity contribution in [2.24, 2.45) is 5.73 Å². The summed E-state index contributed by atoms with van der Waals surface area (Å²) in [6.07, 6.45) is -5.80. The maximum atomic E-state index is 12.7. The summed E-state index contributed by atoms with van der Waals surface area (Å²) < 4.78 is 43.5. The molecular formula is C15H11F3NO2. The Morgan fingerprint density at radius 3 is 2.43 bits per heavy atom. The molecule has 3 nitrogen and oxygen atoms in total. The van der Waals surface area contributed by atoms with E-state index in [0.717, 1.165) is 12.1 Å². The van der Waals surface area contributed by atoms with Crippen molar-refractivity contribution in [3.8, 4) is 5.75 Å². The Hall–Kier alpha value is -2.50. The molecule has 0 spiro atoms. The zero-order valence-electron chi connectivity index (χ0n) is 10.7. The number of hydrogen-bond donors (Lipinski definition) is 1. The highest BCUT2D eigenvalue weighted by Crippen LogP contribution is 2.31. The predicted octanol–water partition coefficient (Wildman–Crippen LogP) is 3.11. The molecule has 0 fully saturated rings. The molecule has 0 aliphatic carbocycles. The minimum absolute atomic E-state index is 0.0464. The minimum Gasteiger partial charge on any atom is -0.476 e. The molecule has 0 aliphatic heterocycles. The van der Waals surface area contributed by atoms with E-state index in [-0.39, 0.29) is 5.56 Å². The van der Waals surface area contributed by atoms with Gasteiger partial charge in [0.1, 0.15) is 5.75 Å². The van der Waals surface area contributed by atoms with Crippen LogP contribution in [0.5, 0.6) is 5.75 Å². The molecule has 1 atom stereocenters. The number of hydrogen-bond acceptors (Lipinski definition) is 2. The van der Waals surface area contributed by atoms with Crippen LogP contribution in [0.3, 0.4) is 0 Å². The van der Waals surface area contributed by atoms with Crippen LogP contribution < -0.4 is 10.5 Å². The largest absolute Gasteiger partial charge is 0.476 e. The van der Waals surface area contributed by atoms with Gasteiger partial charge in [-0.3, -0.25) is 4.79 Å². The van der Waals surface area contributed by atoms with Crippen LogP contribution in [0.1, 0.15) is 17.2 Å². The Balaban J connectivity index is 2.33. The Bertz CT molecular complexity index is 626. The summed E-state index contributed by atoms with van der Waals surface area (Å²) in [6, 6.07) is 13.3. The SMILES string of the molecule is NC(=O)C(Oc1cc[c]cc1)c1cccc(C(F)(F)F)c1. The standard InChI is InChI=1S/C15H11F3NO2/c16-15(17,18)11-6-4-5-10(9-11)13(14(19)20)21-12-7-2-1-3-8-12/h2-9,13H,(H2,19,20). The van der Waals surface area contributed by atoms with Gasteiger partial charge in [0.25, 0.3) is 5.91 Å². The highest BCUT2D eigenvalue weighted by Gasteiger charge is 2.32. The molecule has 0 bridgehead atoms. The fourth-order valence-electron chi connectivity index (χ4n) is 1.75. The van der Waals surface area contributed by atoms with Crippen molar-refractivity contribution >= 4 is 5.91 Å². The summed E-state index contributed by atoms with van der Waals surface area (Å²) in [7, 11) is 0. The van der Waals surface area contributed by atoms with E-state index in [4.69, 9.17) is 10.5 Å². The molecule has 21 heavy (non-hydrogen) atoms. The lowest BCUT2D eigenvalue weighted by atomic mass is 10.1. The van der Waals surface area contributed by atoms with Gasteiger partial charge in [-0.25, -0.2) is 0 Å². The van der Waals surface area contributed by atoms with Crippen LogP contribution in [0.15, 0.2) is 48.5 Å². The first kappa shape index (κ1) is 14.9. The normalized spacial score (nSPS) is 12.7. The smallest absolute Gasteiger partial charge is 0.416 e. The lowest BCUT2D eigenvalue weighted by Gasteiger charge is -2.17. The molecule has 1 unspecified atom stereocenters. The summed E-state index contributed by atoms with van der Waals surface area (Å²) >= 11 is 0. The van der Waals surface area contributed by atoms with E-state index in [1.807, 2.05) is 0 Å². The Kier molecular flexibility index (Phi) is 4.16. The number of primary amides is 1. The van der Waals surface area contributed by atoms with Gasteiger partial charge in [0.2, 0.25) is 6.10 Å². The van der Waals surface area contributed by atoms with E-state index in [2.05, 4.69) is 6.07 Å². The number of carbonyl (C=O) groups is 1. The zero-order valence-corrected chi connectivity index (χ0v) is 10.7. The van der Waals surface area contributed by atoms with Crippen molar-refractivity contribution in [1.82, 2.24) is 0 Å². The number of halogens is 3. The van der Waals surface area contributed by atoms with Crippen LogP contribution in [-0.2, 0) is 11.0 Å². The number of benzene rings is 2. The molecule has 2 aromatic carbocycles. The van der Waals surface area contributed by atoms with Gasteiger partial charge in [-0.2, -0.15) is 13.2 Å². The zero-order chi connectivity index (χ0) is 15.5. The maximum absolute atomic E-state index is 12.7. The first-order valence-corrected chi connectivity index (χ1v) is 5.97. The fraction of sp³-hybridized carbons (Fsp3) is 0.133. The van der Waals surface area contributed by atoms with Gasteiger partial charge in [0.15, 0.2) is 0 Å². The van der Waals surface area contributed by atoms with Gasteiger partial charge >= 0.3 is 6.18 Å². The molecule has 109 valence electrons. The average Bonchev–Trinajstić information content (AvgIpc) is 2.45. The number of carbonyl (C=O) groups excluding carboxylic acids is 1. The minimum atomic E-state index is -4.50. The molecule has 2 rings (SSSR count). The summed E-state index contributed by atoms with van der Waals surface area (Å²) in [5.74, 6) is -0.558. The summed E-state index contributed by atoms with van der Waals surface area (Å²) in [5, 5.41) is 0. The summed E-state index contributed by atoms with van der Waals surface area (Å²) in [5.41, 5.74) is 4.40. The quantitative estimate of drug-likeness (QED) is 0.942. The molecule has 0 aliphatic rings. The number of nitrogens with two attached hydrogens (primary N) is 1. The first-order chi connectivity index (χ1) is 9.88. The molecular weight excluding hydrogens is 283 g/mol. The molecule has 0 heterocycles. The highest BCUT2D eigenvalue weighted by molar-refractivity contribution is 5.80. The molecule has 1 amide bonds. The lowest BCUT2D eigenvalue weighted by molar-refractivity contribution is -0.138. The molecule has 0 saturated heterocycles. The molecule has 1 radical (unpaired) electrons. The Morgan fingerprint density at radius 2 is 1.86 bits per heavy atom. The van der Waals surface area contributed by atoms with Gasteiger partial charge in [-0.1, -0.05) is 24.3 Å². The molecule has 2 N–H and O–H groups in total. The van der Waals surface area contributed by atoms with E-state index < -0.39 is 23.8 Å². The van der Waals surface area contributed by atoms with Crippen molar-refractivity contribution in [1.29, 1.82) is 0 Å². The van der Waals surface area contributed by atoms with Crippen molar-refractivity contribution in [2.75, 3.05) is 0 Å². The van der Waals surface area contributed by atoms with Crippen molar-refractivity contribution in [2.45, 2.75) is 12.3 Å². The third-order valence-electron chi connectivity index (χ3n) is 2.72. The average molecular weight is 294 g/mol. The van der Waals surface area contributed by atoms with Crippen LogP contribution in [0.2, 0.25) is 0 Å². The van der Waals surface area contributed by atoms with Gasteiger partial charge in [0, 0.05) is 5.56 Å². The molecule has 6 heteroatoms. The van der Waals surface area contributed by atoms with Gasteiger partial charge in [-0.15, -0.1) is 0 Å². The van der Waals surface area contributed by atoms with Crippen molar-refractivity contribution < 1.29 is 22.7 Å². The van der Waals surface area contributed by atoms with Crippen molar-refractivity contribution in [3.05, 3.63) is 65.7 Å². The second-order valence-electron chi connectivity index (χ2n) is 4.26. The first-order valence-electron chi connectivity index (χ1n) is 5.97. The van der Waals surface area contributed by atoms with Gasteiger partial charge in [0.05, 0.1) is 5.56 Å². The summed E-state index contributed by atoms with van der Waals surface area (Å²) in [4.78, 5) is 11.5. The van der Waals surface area contributed by atoms with Gasteiger partial charge < -0.3 is 10.5 Å². The number of rotatable bonds is 4. The molecule has 2 aromatic rings. The van der Waals surface area contributed by atoms with Gasteiger partial charge in [-0.05, 0) is 30.3 Å². The van der Waals surface area contributed by atoms with E-state index in [1.54, 1.807) is 12.1 Å². The topological polar surface area (TPSA) is 52.3 Å². The molecule has 0 aromatic heterocycles. The second-order valence-corrected chi connectivity index (χ2v) is 4.26. The fourth-order valence-corrected chi connectivity index (χ4v) is 1.75. The third kappa shape index (κ3) is 3.75. The lowest BCUT2D eigenvalue weighted by Crippen LogP contribution is -2.26.